The van der Waals surface area contributed by atoms with Crippen molar-refractivity contribution in [1.29, 1.82) is 0 Å². The van der Waals surface area contributed by atoms with Crippen LogP contribution in [0.15, 0.2) is 0 Å². The number of ether oxygens (including phenoxy) is 3. The Hall–Kier alpha value is -0.530. The Morgan fingerprint density at radius 1 is 1.33 bits per heavy atom. The zero-order valence-corrected chi connectivity index (χ0v) is 13.6. The molecule has 3 rings (SSSR count). The Kier molecular flexibility index (Phi) is 4.91. The van der Waals surface area contributed by atoms with Crippen LogP contribution in [0.5, 0.6) is 0 Å². The second-order valence-electron chi connectivity index (χ2n) is 5.79. The molecule has 2 aliphatic rings. The molecule has 1 aliphatic heterocycles. The van der Waals surface area contributed by atoms with Gasteiger partial charge in [-0.3, -0.25) is 0 Å². The maximum absolute atomic E-state index is 5.86. The van der Waals surface area contributed by atoms with Gasteiger partial charge in [-0.25, -0.2) is 4.98 Å². The summed E-state index contributed by atoms with van der Waals surface area (Å²) in [5, 5.41) is 4.64. The van der Waals surface area contributed by atoms with Crippen molar-refractivity contribution < 1.29 is 14.2 Å². The molecule has 0 bridgehead atoms. The summed E-state index contributed by atoms with van der Waals surface area (Å²) >= 11 is 1.76. The summed E-state index contributed by atoms with van der Waals surface area (Å²) in [6, 6.07) is 0.699. The van der Waals surface area contributed by atoms with Crippen LogP contribution in [0.25, 0.3) is 0 Å². The number of hydrogen-bond donors (Lipinski definition) is 1. The highest BCUT2D eigenvalue weighted by Crippen LogP contribution is 2.39. The van der Waals surface area contributed by atoms with E-state index in [1.165, 1.54) is 17.7 Å². The van der Waals surface area contributed by atoms with Crippen LogP contribution in [0.3, 0.4) is 0 Å². The number of thiazole rings is 1. The molecule has 1 saturated carbocycles. The number of methoxy groups -OCH3 is 2. The van der Waals surface area contributed by atoms with Gasteiger partial charge in [-0.05, 0) is 12.8 Å². The highest BCUT2D eigenvalue weighted by atomic mass is 32.1. The van der Waals surface area contributed by atoms with E-state index in [0.29, 0.717) is 12.6 Å². The molecular weight excluding hydrogens is 288 g/mol. The van der Waals surface area contributed by atoms with Crippen molar-refractivity contribution in [3.8, 4) is 0 Å². The van der Waals surface area contributed by atoms with Gasteiger partial charge in [0.25, 0.3) is 0 Å². The SMILES string of the molecule is COCc1nc(C2(OC)CCOCC2)sc1CNC1CC1. The smallest absolute Gasteiger partial charge is 0.125 e. The maximum atomic E-state index is 5.86. The van der Waals surface area contributed by atoms with E-state index in [4.69, 9.17) is 19.2 Å². The minimum atomic E-state index is -0.275. The molecule has 0 aromatic carbocycles. The number of aromatic nitrogens is 1. The van der Waals surface area contributed by atoms with Gasteiger partial charge >= 0.3 is 0 Å². The highest BCUT2D eigenvalue weighted by Gasteiger charge is 2.38. The van der Waals surface area contributed by atoms with Crippen LogP contribution in [0.4, 0.5) is 0 Å². The van der Waals surface area contributed by atoms with Crippen LogP contribution in [0.1, 0.15) is 41.3 Å². The average molecular weight is 312 g/mol. The second-order valence-corrected chi connectivity index (χ2v) is 6.87. The zero-order chi connectivity index (χ0) is 14.7. The third-order valence-corrected chi connectivity index (χ3v) is 5.55. The largest absolute Gasteiger partial charge is 0.381 e. The summed E-state index contributed by atoms with van der Waals surface area (Å²) in [7, 11) is 3.50. The van der Waals surface area contributed by atoms with Crippen LogP contribution < -0.4 is 5.32 Å². The van der Waals surface area contributed by atoms with Crippen LogP contribution in [-0.2, 0) is 33.0 Å². The molecule has 1 aromatic rings. The van der Waals surface area contributed by atoms with Gasteiger partial charge in [0.2, 0.25) is 0 Å². The fraction of sp³-hybridized carbons (Fsp3) is 0.800. The Balaban J connectivity index is 1.81. The van der Waals surface area contributed by atoms with Crippen molar-refractivity contribution in [2.45, 2.75) is 50.5 Å². The van der Waals surface area contributed by atoms with Crippen molar-refractivity contribution in [3.05, 3.63) is 15.6 Å². The van der Waals surface area contributed by atoms with Crippen LogP contribution in [0.2, 0.25) is 0 Å². The lowest BCUT2D eigenvalue weighted by Crippen LogP contribution is -2.35. The molecular formula is C15H24N2O3S. The maximum Gasteiger partial charge on any atom is 0.125 e. The Morgan fingerprint density at radius 2 is 2.10 bits per heavy atom. The van der Waals surface area contributed by atoms with Crippen LogP contribution >= 0.6 is 11.3 Å². The zero-order valence-electron chi connectivity index (χ0n) is 12.8. The number of nitrogens with zero attached hydrogens (tertiary/aromatic N) is 1. The molecule has 1 aliphatic carbocycles. The Morgan fingerprint density at radius 3 is 2.71 bits per heavy atom. The Labute approximate surface area is 130 Å². The van der Waals surface area contributed by atoms with Crippen molar-refractivity contribution in [2.75, 3.05) is 27.4 Å². The highest BCUT2D eigenvalue weighted by molar-refractivity contribution is 7.11. The van der Waals surface area contributed by atoms with Gasteiger partial charge in [0, 0.05) is 57.7 Å². The van der Waals surface area contributed by atoms with E-state index >= 15 is 0 Å². The van der Waals surface area contributed by atoms with Crippen molar-refractivity contribution in [3.63, 3.8) is 0 Å². The lowest BCUT2D eigenvalue weighted by molar-refractivity contribution is -0.0949. The lowest BCUT2D eigenvalue weighted by atomic mass is 9.95. The quantitative estimate of drug-likeness (QED) is 0.836. The predicted octanol–water partition coefficient (Wildman–Crippen LogP) is 2.19. The normalized spacial score (nSPS) is 21.6. The monoisotopic (exact) mass is 312 g/mol. The number of nitrogens with one attached hydrogen (secondary N) is 1. The summed E-state index contributed by atoms with van der Waals surface area (Å²) in [4.78, 5) is 6.12. The van der Waals surface area contributed by atoms with Crippen molar-refractivity contribution in [1.82, 2.24) is 10.3 Å². The van der Waals surface area contributed by atoms with Gasteiger partial charge in [-0.15, -0.1) is 11.3 Å². The van der Waals surface area contributed by atoms with Crippen molar-refractivity contribution in [2.24, 2.45) is 0 Å². The molecule has 0 radical (unpaired) electrons. The van der Waals surface area contributed by atoms with E-state index in [0.717, 1.165) is 43.3 Å². The summed E-state index contributed by atoms with van der Waals surface area (Å²) in [6.07, 6.45) is 4.34. The van der Waals surface area contributed by atoms with E-state index in [-0.39, 0.29) is 5.60 Å². The number of rotatable bonds is 7. The average Bonchev–Trinajstić information content (AvgIpc) is 3.27. The summed E-state index contributed by atoms with van der Waals surface area (Å²) in [5.41, 5.74) is 0.775. The number of hydrogen-bond acceptors (Lipinski definition) is 6. The molecule has 0 spiro atoms. The Bertz CT molecular complexity index is 467. The fourth-order valence-corrected chi connectivity index (χ4v) is 3.94. The molecule has 1 aromatic heterocycles. The molecule has 2 fully saturated rings. The molecule has 2 heterocycles. The van der Waals surface area contributed by atoms with E-state index in [9.17, 15) is 0 Å². The molecule has 6 heteroatoms. The molecule has 21 heavy (non-hydrogen) atoms. The lowest BCUT2D eigenvalue weighted by Gasteiger charge is -2.33. The standard InChI is InChI=1S/C15H24N2O3S/c1-18-10-12-13(9-16-11-3-4-11)21-14(17-12)15(19-2)5-7-20-8-6-15/h11,16H,3-10H2,1-2H3. The van der Waals surface area contributed by atoms with E-state index < -0.39 is 0 Å². The summed E-state index contributed by atoms with van der Waals surface area (Å²) in [5.74, 6) is 0. The predicted molar refractivity (Wildman–Crippen MR) is 81.4 cm³/mol. The van der Waals surface area contributed by atoms with Gasteiger partial charge in [0.1, 0.15) is 10.6 Å². The molecule has 5 nitrogen and oxygen atoms in total. The third kappa shape index (κ3) is 3.46. The van der Waals surface area contributed by atoms with Gasteiger partial charge in [-0.2, -0.15) is 0 Å². The second kappa shape index (κ2) is 6.71. The summed E-state index contributed by atoms with van der Waals surface area (Å²) < 4.78 is 16.6. The molecule has 0 amide bonds. The first-order valence-corrected chi connectivity index (χ1v) is 8.43. The van der Waals surface area contributed by atoms with Gasteiger partial charge in [-0.1, -0.05) is 0 Å². The first-order valence-electron chi connectivity index (χ1n) is 7.62. The summed E-state index contributed by atoms with van der Waals surface area (Å²) in [6.45, 7) is 2.93. The van der Waals surface area contributed by atoms with E-state index in [1.54, 1.807) is 25.6 Å². The van der Waals surface area contributed by atoms with Crippen LogP contribution in [-0.4, -0.2) is 38.5 Å². The molecule has 118 valence electrons. The molecule has 0 unspecified atom stereocenters. The fourth-order valence-electron chi connectivity index (χ4n) is 2.70. The topological polar surface area (TPSA) is 52.6 Å². The molecule has 1 N–H and O–H groups in total. The first-order chi connectivity index (χ1) is 10.3. The molecule has 1 saturated heterocycles. The minimum absolute atomic E-state index is 0.275. The minimum Gasteiger partial charge on any atom is -0.381 e. The van der Waals surface area contributed by atoms with Crippen molar-refractivity contribution >= 4 is 11.3 Å². The van der Waals surface area contributed by atoms with Gasteiger partial charge in [0.05, 0.1) is 12.3 Å². The van der Waals surface area contributed by atoms with E-state index in [1.807, 2.05) is 0 Å². The van der Waals surface area contributed by atoms with E-state index in [2.05, 4.69) is 5.32 Å². The third-order valence-electron chi connectivity index (χ3n) is 4.27. The van der Waals surface area contributed by atoms with Gasteiger partial charge in [0.15, 0.2) is 0 Å². The molecule has 0 atom stereocenters. The first kappa shape index (κ1) is 15.4. The van der Waals surface area contributed by atoms with Crippen LogP contribution in [0, 0.1) is 0 Å². The van der Waals surface area contributed by atoms with Gasteiger partial charge < -0.3 is 19.5 Å².